The fourth-order valence-electron chi connectivity index (χ4n) is 2.28. The van der Waals surface area contributed by atoms with Gasteiger partial charge < -0.3 is 9.30 Å². The number of ether oxygens (including phenoxy) is 1. The molecule has 1 heterocycles. The molecule has 2 rings (SSSR count). The van der Waals surface area contributed by atoms with E-state index in [-0.39, 0.29) is 4.90 Å². The van der Waals surface area contributed by atoms with Crippen LogP contribution in [0.2, 0.25) is 0 Å². The third-order valence-corrected chi connectivity index (χ3v) is 4.80. The summed E-state index contributed by atoms with van der Waals surface area (Å²) in [6, 6.07) is 3.37. The molecule has 0 atom stereocenters. The lowest BCUT2D eigenvalue weighted by molar-refractivity contribution is 0.296. The first kappa shape index (κ1) is 15.9. The molecule has 114 valence electrons. The van der Waals surface area contributed by atoms with Crippen molar-refractivity contribution in [3.05, 3.63) is 41.5 Å². The summed E-state index contributed by atoms with van der Waals surface area (Å²) in [6.07, 6.45) is 3.63. The Balaban J connectivity index is 2.10. The summed E-state index contributed by atoms with van der Waals surface area (Å²) in [5.41, 5.74) is 1.16. The Morgan fingerprint density at radius 3 is 2.33 bits per heavy atom. The van der Waals surface area contributed by atoms with E-state index in [9.17, 15) is 8.42 Å². The fourth-order valence-corrected chi connectivity index (χ4v) is 3.90. The van der Waals surface area contributed by atoms with Crippen LogP contribution in [-0.2, 0) is 15.6 Å². The Kier molecular flexibility index (Phi) is 4.58. The summed E-state index contributed by atoms with van der Waals surface area (Å²) in [4.78, 5) is 4.29. The van der Waals surface area contributed by atoms with Gasteiger partial charge in [-0.25, -0.2) is 13.4 Å². The van der Waals surface area contributed by atoms with Crippen LogP contribution >= 0.6 is 10.7 Å². The van der Waals surface area contributed by atoms with Crippen LogP contribution in [0.25, 0.3) is 0 Å². The SMILES string of the molecule is Cc1cc(OCCn2ccnc2C)cc(C)c1S(=O)(=O)Cl. The minimum atomic E-state index is -3.74. The molecule has 0 saturated carbocycles. The largest absolute Gasteiger partial charge is 0.492 e. The molecule has 0 aliphatic heterocycles. The van der Waals surface area contributed by atoms with E-state index < -0.39 is 9.05 Å². The van der Waals surface area contributed by atoms with Gasteiger partial charge in [0.05, 0.1) is 11.4 Å². The van der Waals surface area contributed by atoms with E-state index in [0.717, 1.165) is 5.82 Å². The van der Waals surface area contributed by atoms with Crippen LogP contribution in [0.1, 0.15) is 17.0 Å². The lowest BCUT2D eigenvalue weighted by Crippen LogP contribution is -2.09. The van der Waals surface area contributed by atoms with Crippen molar-refractivity contribution in [2.75, 3.05) is 6.61 Å². The fraction of sp³-hybridized carbons (Fsp3) is 0.357. The standard InChI is InChI=1S/C14H17ClN2O3S/c1-10-8-13(9-11(2)14(10)21(15,18)19)20-7-6-17-5-4-16-12(17)3/h4-5,8-9H,6-7H2,1-3H3. The molecule has 0 aliphatic carbocycles. The van der Waals surface area contributed by atoms with Crippen molar-refractivity contribution >= 4 is 19.7 Å². The second kappa shape index (κ2) is 6.07. The van der Waals surface area contributed by atoms with E-state index in [0.29, 0.717) is 30.0 Å². The zero-order chi connectivity index (χ0) is 15.6. The van der Waals surface area contributed by atoms with Gasteiger partial charge in [-0.3, -0.25) is 0 Å². The average molecular weight is 329 g/mol. The number of aromatic nitrogens is 2. The van der Waals surface area contributed by atoms with E-state index in [1.54, 1.807) is 32.2 Å². The second-order valence-electron chi connectivity index (χ2n) is 4.84. The lowest BCUT2D eigenvalue weighted by Gasteiger charge is -2.12. The van der Waals surface area contributed by atoms with Crippen LogP contribution < -0.4 is 4.74 Å². The number of nitrogens with zero attached hydrogens (tertiary/aromatic N) is 2. The molecule has 2 aromatic rings. The van der Waals surface area contributed by atoms with Crippen LogP contribution in [0.5, 0.6) is 5.75 Å². The Hall–Kier alpha value is -1.53. The van der Waals surface area contributed by atoms with Gasteiger partial charge in [0.15, 0.2) is 0 Å². The second-order valence-corrected chi connectivity index (χ2v) is 7.34. The molecule has 0 saturated heterocycles. The van der Waals surface area contributed by atoms with Gasteiger partial charge in [0, 0.05) is 23.1 Å². The van der Waals surface area contributed by atoms with Gasteiger partial charge >= 0.3 is 0 Å². The number of halogens is 1. The minimum absolute atomic E-state index is 0.155. The predicted molar refractivity (Wildman–Crippen MR) is 81.4 cm³/mol. The Bertz CT molecular complexity index is 730. The van der Waals surface area contributed by atoms with Gasteiger partial charge in [0.2, 0.25) is 0 Å². The summed E-state index contributed by atoms with van der Waals surface area (Å²) >= 11 is 0. The Labute approximate surface area is 128 Å². The van der Waals surface area contributed by atoms with Gasteiger partial charge in [-0.1, -0.05) is 0 Å². The summed E-state index contributed by atoms with van der Waals surface area (Å²) in [5, 5.41) is 0. The van der Waals surface area contributed by atoms with Crippen molar-refractivity contribution in [2.45, 2.75) is 32.2 Å². The van der Waals surface area contributed by atoms with Gasteiger partial charge in [-0.15, -0.1) is 0 Å². The highest BCUT2D eigenvalue weighted by atomic mass is 35.7. The highest BCUT2D eigenvalue weighted by Crippen LogP contribution is 2.28. The molecule has 5 nitrogen and oxygen atoms in total. The van der Waals surface area contributed by atoms with Crippen LogP contribution in [0.4, 0.5) is 0 Å². The van der Waals surface area contributed by atoms with Crippen LogP contribution in [0, 0.1) is 20.8 Å². The molecule has 1 aromatic heterocycles. The molecule has 0 spiro atoms. The van der Waals surface area contributed by atoms with Crippen molar-refractivity contribution < 1.29 is 13.2 Å². The first-order valence-electron chi connectivity index (χ1n) is 6.45. The highest BCUT2D eigenvalue weighted by molar-refractivity contribution is 8.13. The number of hydrogen-bond donors (Lipinski definition) is 0. The van der Waals surface area contributed by atoms with Crippen LogP contribution in [-0.4, -0.2) is 24.6 Å². The number of rotatable bonds is 5. The van der Waals surface area contributed by atoms with Crippen LogP contribution in [0.15, 0.2) is 29.4 Å². The van der Waals surface area contributed by atoms with Gasteiger partial charge in [-0.2, -0.15) is 0 Å². The molecule has 0 aliphatic rings. The normalized spacial score (nSPS) is 11.6. The third-order valence-electron chi connectivity index (χ3n) is 3.20. The van der Waals surface area contributed by atoms with Gasteiger partial charge in [0.1, 0.15) is 18.2 Å². The molecule has 0 unspecified atom stereocenters. The van der Waals surface area contributed by atoms with E-state index in [1.807, 2.05) is 17.7 Å². The van der Waals surface area contributed by atoms with Crippen molar-refractivity contribution in [1.82, 2.24) is 9.55 Å². The molecule has 21 heavy (non-hydrogen) atoms. The van der Waals surface area contributed by atoms with Crippen LogP contribution in [0.3, 0.4) is 0 Å². The Morgan fingerprint density at radius 2 is 1.86 bits per heavy atom. The highest BCUT2D eigenvalue weighted by Gasteiger charge is 2.17. The monoisotopic (exact) mass is 328 g/mol. The Morgan fingerprint density at radius 1 is 1.24 bits per heavy atom. The molecule has 0 amide bonds. The maximum atomic E-state index is 11.5. The molecule has 0 N–H and O–H groups in total. The summed E-state index contributed by atoms with van der Waals surface area (Å²) < 4.78 is 30.7. The van der Waals surface area contributed by atoms with E-state index >= 15 is 0 Å². The van der Waals surface area contributed by atoms with Gasteiger partial charge in [-0.05, 0) is 44.0 Å². The summed E-state index contributed by atoms with van der Waals surface area (Å²) in [6.45, 7) is 6.49. The zero-order valence-electron chi connectivity index (χ0n) is 12.1. The van der Waals surface area contributed by atoms with Crippen molar-refractivity contribution in [3.63, 3.8) is 0 Å². The molecule has 7 heteroatoms. The average Bonchev–Trinajstić information content (AvgIpc) is 2.72. The number of benzene rings is 1. The van der Waals surface area contributed by atoms with E-state index in [4.69, 9.17) is 15.4 Å². The minimum Gasteiger partial charge on any atom is -0.492 e. The molecular weight excluding hydrogens is 312 g/mol. The maximum absolute atomic E-state index is 11.5. The zero-order valence-corrected chi connectivity index (χ0v) is 13.7. The van der Waals surface area contributed by atoms with E-state index in [2.05, 4.69) is 4.98 Å². The maximum Gasteiger partial charge on any atom is 0.261 e. The third kappa shape index (κ3) is 3.77. The molecular formula is C14H17ClN2O3S. The van der Waals surface area contributed by atoms with Crippen molar-refractivity contribution in [3.8, 4) is 5.75 Å². The van der Waals surface area contributed by atoms with E-state index in [1.165, 1.54) is 0 Å². The smallest absolute Gasteiger partial charge is 0.261 e. The molecule has 0 bridgehead atoms. The quantitative estimate of drug-likeness (QED) is 0.792. The lowest BCUT2D eigenvalue weighted by atomic mass is 10.1. The molecule has 0 radical (unpaired) electrons. The molecule has 1 aromatic carbocycles. The summed E-state index contributed by atoms with van der Waals surface area (Å²) in [5.74, 6) is 1.56. The number of aryl methyl sites for hydroxylation is 3. The predicted octanol–water partition coefficient (Wildman–Crippen LogP) is 2.81. The molecule has 0 fully saturated rings. The summed E-state index contributed by atoms with van der Waals surface area (Å²) in [7, 11) is 1.69. The first-order chi connectivity index (χ1) is 9.79. The van der Waals surface area contributed by atoms with Crippen molar-refractivity contribution in [2.24, 2.45) is 0 Å². The number of imidazole rings is 1. The van der Waals surface area contributed by atoms with Gasteiger partial charge in [0.25, 0.3) is 9.05 Å². The number of hydrogen-bond acceptors (Lipinski definition) is 4. The van der Waals surface area contributed by atoms with Crippen molar-refractivity contribution in [1.29, 1.82) is 0 Å². The topological polar surface area (TPSA) is 61.2 Å². The first-order valence-corrected chi connectivity index (χ1v) is 8.76.